The summed E-state index contributed by atoms with van der Waals surface area (Å²) in [5, 5.41) is 10.4. The Hall–Kier alpha value is -1.98. The van der Waals surface area contributed by atoms with Gasteiger partial charge in [0, 0.05) is 17.2 Å². The zero-order valence-electron chi connectivity index (χ0n) is 20.2. The Kier molecular flexibility index (Phi) is 9.69. The van der Waals surface area contributed by atoms with Crippen LogP contribution in [-0.4, -0.2) is 23.0 Å². The summed E-state index contributed by atoms with van der Waals surface area (Å²) >= 11 is 1.49. The van der Waals surface area contributed by atoms with Crippen LogP contribution in [0, 0.1) is 5.92 Å². The molecule has 1 heterocycles. The van der Waals surface area contributed by atoms with E-state index in [1.807, 2.05) is 38.1 Å². The number of benzene rings is 1. The molecule has 33 heavy (non-hydrogen) atoms. The molecular weight excluding hydrogens is 432 g/mol. The quantitative estimate of drug-likeness (QED) is 0.268. The third-order valence-corrected chi connectivity index (χ3v) is 7.70. The summed E-state index contributed by atoms with van der Waals surface area (Å²) in [7, 11) is 0. The number of hydrogen-bond donors (Lipinski definition) is 1. The molecule has 4 nitrogen and oxygen atoms in total. The maximum absolute atomic E-state index is 12.6. The molecule has 0 saturated heterocycles. The number of esters is 1. The minimum atomic E-state index is -0.403. The molecule has 0 spiro atoms. The Morgan fingerprint density at radius 2 is 1.88 bits per heavy atom. The van der Waals surface area contributed by atoms with E-state index in [0.29, 0.717) is 17.1 Å². The van der Waals surface area contributed by atoms with Crippen LogP contribution in [-0.2, 0) is 16.0 Å². The fraction of sp³-hybridized carbons (Fsp3) is 0.571. The highest BCUT2D eigenvalue weighted by atomic mass is 32.1. The molecule has 1 saturated carbocycles. The van der Waals surface area contributed by atoms with Gasteiger partial charge in [0.2, 0.25) is 0 Å². The van der Waals surface area contributed by atoms with Crippen molar-refractivity contribution in [1.82, 2.24) is 0 Å². The van der Waals surface area contributed by atoms with Gasteiger partial charge in [0.1, 0.15) is 10.7 Å². The number of aliphatic hydroxyl groups is 1. The Balaban J connectivity index is 1.54. The van der Waals surface area contributed by atoms with Crippen LogP contribution in [0.1, 0.15) is 110 Å². The zero-order chi connectivity index (χ0) is 23.8. The van der Waals surface area contributed by atoms with Crippen molar-refractivity contribution in [3.63, 3.8) is 0 Å². The summed E-state index contributed by atoms with van der Waals surface area (Å²) in [4.78, 5) is 26.5. The van der Waals surface area contributed by atoms with Gasteiger partial charge in [-0.15, -0.1) is 11.3 Å². The molecule has 1 N–H and O–H groups in total. The first-order valence-corrected chi connectivity index (χ1v) is 13.3. The first-order valence-electron chi connectivity index (χ1n) is 12.5. The second-order valence-corrected chi connectivity index (χ2v) is 10.7. The highest BCUT2D eigenvalue weighted by Gasteiger charge is 2.35. The summed E-state index contributed by atoms with van der Waals surface area (Å²) in [6.07, 6.45) is 7.87. The van der Waals surface area contributed by atoms with Crippen LogP contribution in [0.4, 0.5) is 0 Å². The second kappa shape index (κ2) is 12.5. The van der Waals surface area contributed by atoms with Gasteiger partial charge in [-0.05, 0) is 75.1 Å². The van der Waals surface area contributed by atoms with E-state index in [-0.39, 0.29) is 23.9 Å². The van der Waals surface area contributed by atoms with Gasteiger partial charge >= 0.3 is 5.97 Å². The number of thiophene rings is 1. The fourth-order valence-corrected chi connectivity index (χ4v) is 5.71. The van der Waals surface area contributed by atoms with Crippen LogP contribution < -0.4 is 0 Å². The molecule has 1 fully saturated rings. The van der Waals surface area contributed by atoms with Gasteiger partial charge in [-0.3, -0.25) is 4.79 Å². The highest BCUT2D eigenvalue weighted by Crippen LogP contribution is 2.40. The standard InChI is InChI=1S/C28H38O4S/c1-4-5-6-10-25(29)21-13-11-20(12-14-21)23-16-17-26(30)24(23)9-7-8-22-15-18-27(33-22)28(31)32-19(2)3/h11-15,18-19,23-25,29H,4-10,16-17H2,1-3H3/t23-,24+,25?/m0/s1. The number of carbonyl (C=O) groups excluding carboxylic acids is 2. The van der Waals surface area contributed by atoms with Crippen molar-refractivity contribution in [2.45, 2.75) is 96.7 Å². The van der Waals surface area contributed by atoms with Gasteiger partial charge in [-0.2, -0.15) is 0 Å². The van der Waals surface area contributed by atoms with Crippen LogP contribution in [0.5, 0.6) is 0 Å². The second-order valence-electron chi connectivity index (χ2n) is 9.51. The summed E-state index contributed by atoms with van der Waals surface area (Å²) < 4.78 is 5.27. The molecule has 5 heteroatoms. The molecule has 0 radical (unpaired) electrons. The Morgan fingerprint density at radius 3 is 2.58 bits per heavy atom. The van der Waals surface area contributed by atoms with Gasteiger partial charge in [0.05, 0.1) is 12.2 Å². The first kappa shape index (κ1) is 25.6. The van der Waals surface area contributed by atoms with Crippen molar-refractivity contribution in [2.24, 2.45) is 5.92 Å². The van der Waals surface area contributed by atoms with Crippen LogP contribution in [0.15, 0.2) is 36.4 Å². The summed E-state index contributed by atoms with van der Waals surface area (Å²) in [6, 6.07) is 12.1. The number of unbranched alkanes of at least 4 members (excludes halogenated alkanes) is 2. The van der Waals surface area contributed by atoms with E-state index < -0.39 is 6.10 Å². The summed E-state index contributed by atoms with van der Waals surface area (Å²) in [6.45, 7) is 5.87. The van der Waals surface area contributed by atoms with E-state index in [9.17, 15) is 14.7 Å². The number of aliphatic hydroxyl groups excluding tert-OH is 1. The largest absolute Gasteiger partial charge is 0.459 e. The molecule has 180 valence electrons. The topological polar surface area (TPSA) is 63.6 Å². The predicted octanol–water partition coefficient (Wildman–Crippen LogP) is 7.01. The van der Waals surface area contributed by atoms with E-state index in [0.717, 1.165) is 61.8 Å². The number of hydrogen-bond acceptors (Lipinski definition) is 5. The molecule has 0 aliphatic heterocycles. The molecule has 0 amide bonds. The van der Waals surface area contributed by atoms with Gasteiger partial charge in [-0.25, -0.2) is 4.79 Å². The maximum atomic E-state index is 12.6. The minimum Gasteiger partial charge on any atom is -0.459 e. The zero-order valence-corrected chi connectivity index (χ0v) is 21.0. The molecule has 1 aromatic heterocycles. The van der Waals surface area contributed by atoms with Crippen molar-refractivity contribution in [3.8, 4) is 0 Å². The van der Waals surface area contributed by atoms with Gasteiger partial charge < -0.3 is 9.84 Å². The average Bonchev–Trinajstić information content (AvgIpc) is 3.41. The lowest BCUT2D eigenvalue weighted by atomic mass is 9.84. The van der Waals surface area contributed by atoms with Crippen LogP contribution in [0.25, 0.3) is 0 Å². The molecule has 1 unspecified atom stereocenters. The fourth-order valence-electron chi connectivity index (χ4n) is 4.78. The number of aryl methyl sites for hydroxylation is 1. The van der Waals surface area contributed by atoms with Gasteiger partial charge in [0.15, 0.2) is 0 Å². The minimum absolute atomic E-state index is 0.0654. The third kappa shape index (κ3) is 7.25. The lowest BCUT2D eigenvalue weighted by Gasteiger charge is -2.20. The van der Waals surface area contributed by atoms with Gasteiger partial charge in [-0.1, -0.05) is 50.5 Å². The monoisotopic (exact) mass is 470 g/mol. The number of rotatable bonds is 12. The van der Waals surface area contributed by atoms with Crippen molar-refractivity contribution < 1.29 is 19.4 Å². The first-order chi connectivity index (χ1) is 15.9. The lowest BCUT2D eigenvalue weighted by Crippen LogP contribution is -2.14. The number of ether oxygens (including phenoxy) is 1. The Morgan fingerprint density at radius 1 is 1.12 bits per heavy atom. The smallest absolute Gasteiger partial charge is 0.348 e. The SMILES string of the molecule is CCCCCC(O)c1ccc([C@@H]2CCC(=O)[C@@H]2CCCc2ccc(C(=O)OC(C)C)s2)cc1. The van der Waals surface area contributed by atoms with Crippen molar-refractivity contribution in [1.29, 1.82) is 0 Å². The molecular formula is C28H38O4S. The number of Topliss-reactive ketones (excluding diaryl/α,β-unsaturated/α-hetero) is 1. The van der Waals surface area contributed by atoms with Crippen molar-refractivity contribution >= 4 is 23.1 Å². The lowest BCUT2D eigenvalue weighted by molar-refractivity contribution is -0.121. The Labute approximate surface area is 202 Å². The van der Waals surface area contributed by atoms with Gasteiger partial charge in [0.25, 0.3) is 0 Å². The Bertz CT molecular complexity index is 899. The van der Waals surface area contributed by atoms with Crippen molar-refractivity contribution in [2.75, 3.05) is 0 Å². The average molecular weight is 471 g/mol. The molecule has 1 aliphatic rings. The summed E-state index contributed by atoms with van der Waals surface area (Å²) in [5.41, 5.74) is 2.19. The van der Waals surface area contributed by atoms with Crippen molar-refractivity contribution in [3.05, 3.63) is 57.3 Å². The van der Waals surface area contributed by atoms with E-state index >= 15 is 0 Å². The molecule has 0 bridgehead atoms. The van der Waals surface area contributed by atoms with Crippen LogP contribution in [0.2, 0.25) is 0 Å². The molecule has 2 aromatic rings. The van der Waals surface area contributed by atoms with E-state index in [4.69, 9.17) is 4.74 Å². The van der Waals surface area contributed by atoms with E-state index in [1.165, 1.54) is 16.9 Å². The highest BCUT2D eigenvalue weighted by molar-refractivity contribution is 7.13. The number of ketones is 1. The summed E-state index contributed by atoms with van der Waals surface area (Å²) in [5.74, 6) is 0.446. The van der Waals surface area contributed by atoms with E-state index in [1.54, 1.807) is 0 Å². The van der Waals surface area contributed by atoms with Crippen LogP contribution in [0.3, 0.4) is 0 Å². The molecule has 3 atom stereocenters. The molecule has 1 aromatic carbocycles. The molecule has 1 aliphatic carbocycles. The number of carbonyl (C=O) groups is 2. The molecule has 3 rings (SSSR count). The third-order valence-electron chi connectivity index (χ3n) is 6.58. The maximum Gasteiger partial charge on any atom is 0.348 e. The van der Waals surface area contributed by atoms with Crippen LogP contribution >= 0.6 is 11.3 Å². The van der Waals surface area contributed by atoms with E-state index in [2.05, 4.69) is 19.1 Å². The normalized spacial score (nSPS) is 19.2. The predicted molar refractivity (Wildman–Crippen MR) is 134 cm³/mol.